The molecule has 2 aliphatic rings. The maximum atomic E-state index is 6.37. The van der Waals surface area contributed by atoms with E-state index in [9.17, 15) is 0 Å². The van der Waals surface area contributed by atoms with Crippen LogP contribution < -0.4 is 4.74 Å². The first-order valence-corrected chi connectivity index (χ1v) is 9.99. The lowest BCUT2D eigenvalue weighted by Crippen LogP contribution is -2.33. The minimum atomic E-state index is -0.257. The van der Waals surface area contributed by atoms with Crippen LogP contribution in [0.15, 0.2) is 82.4 Å². The molecule has 0 spiro atoms. The highest BCUT2D eigenvalue weighted by Gasteiger charge is 2.40. The highest BCUT2D eigenvalue weighted by atomic mass is 79.9. The van der Waals surface area contributed by atoms with Gasteiger partial charge in [0.2, 0.25) is 6.23 Å². The molecule has 3 aromatic rings. The highest BCUT2D eigenvalue weighted by Crippen LogP contribution is 2.47. The van der Waals surface area contributed by atoms with Gasteiger partial charge in [-0.25, -0.2) is 5.01 Å². The minimum Gasteiger partial charge on any atom is -0.464 e. The lowest BCUT2D eigenvalue weighted by Gasteiger charge is -2.38. The van der Waals surface area contributed by atoms with Crippen LogP contribution in [-0.2, 0) is 0 Å². The van der Waals surface area contributed by atoms with Crippen molar-refractivity contribution < 1.29 is 4.74 Å². The molecule has 2 aliphatic heterocycles. The van der Waals surface area contributed by atoms with Crippen molar-refractivity contribution in [3.63, 3.8) is 0 Å². The standard InChI is InChI=1S/C22H16BrClN2O/c23-16-5-3-4-15(12-16)22-26-20(18-6-1-2-7-21(18)27-22)13-19(25-26)14-8-10-17(24)11-9-14/h1-12,20,22H,13H2/t20-,22-/m0/s1. The van der Waals surface area contributed by atoms with Crippen LogP contribution in [0.25, 0.3) is 0 Å². The van der Waals surface area contributed by atoms with E-state index in [4.69, 9.17) is 21.4 Å². The Morgan fingerprint density at radius 1 is 1.00 bits per heavy atom. The number of para-hydroxylation sites is 1. The smallest absolute Gasteiger partial charge is 0.213 e. The molecule has 134 valence electrons. The Kier molecular flexibility index (Phi) is 4.18. The van der Waals surface area contributed by atoms with Crippen molar-refractivity contribution in [2.24, 2.45) is 5.10 Å². The van der Waals surface area contributed by atoms with Gasteiger partial charge in [0.25, 0.3) is 0 Å². The van der Waals surface area contributed by atoms with Crippen LogP contribution in [0.5, 0.6) is 5.75 Å². The zero-order chi connectivity index (χ0) is 18.4. The predicted molar refractivity (Wildman–Crippen MR) is 111 cm³/mol. The van der Waals surface area contributed by atoms with Crippen LogP contribution in [0.1, 0.15) is 35.4 Å². The normalized spacial score (nSPS) is 20.5. The molecule has 0 fully saturated rings. The number of halogens is 2. The summed E-state index contributed by atoms with van der Waals surface area (Å²) < 4.78 is 7.40. The second-order valence-corrected chi connectivity index (χ2v) is 8.07. The topological polar surface area (TPSA) is 24.8 Å². The van der Waals surface area contributed by atoms with E-state index in [1.807, 2.05) is 48.5 Å². The van der Waals surface area contributed by atoms with Gasteiger partial charge in [-0.05, 0) is 35.9 Å². The number of ether oxygens (including phenoxy) is 1. The molecule has 3 nitrogen and oxygen atoms in total. The van der Waals surface area contributed by atoms with Crippen molar-refractivity contribution in [2.45, 2.75) is 18.7 Å². The minimum absolute atomic E-state index is 0.157. The van der Waals surface area contributed by atoms with E-state index in [0.717, 1.165) is 38.5 Å². The highest BCUT2D eigenvalue weighted by molar-refractivity contribution is 9.10. The van der Waals surface area contributed by atoms with Crippen molar-refractivity contribution in [2.75, 3.05) is 0 Å². The molecule has 27 heavy (non-hydrogen) atoms. The molecule has 2 atom stereocenters. The average Bonchev–Trinajstić information content (AvgIpc) is 3.13. The number of hydrazone groups is 1. The van der Waals surface area contributed by atoms with E-state index >= 15 is 0 Å². The summed E-state index contributed by atoms with van der Waals surface area (Å²) in [5.41, 5.74) is 4.40. The molecule has 0 radical (unpaired) electrons. The van der Waals surface area contributed by atoms with Crippen LogP contribution in [0.4, 0.5) is 0 Å². The first-order chi connectivity index (χ1) is 13.2. The van der Waals surface area contributed by atoms with E-state index < -0.39 is 0 Å². The van der Waals surface area contributed by atoms with Gasteiger partial charge in [-0.1, -0.05) is 70.0 Å². The van der Waals surface area contributed by atoms with E-state index in [0.29, 0.717) is 0 Å². The zero-order valence-corrected chi connectivity index (χ0v) is 16.7. The van der Waals surface area contributed by atoms with Gasteiger partial charge in [0.05, 0.1) is 11.8 Å². The van der Waals surface area contributed by atoms with Gasteiger partial charge in [-0.15, -0.1) is 0 Å². The Balaban J connectivity index is 1.60. The fraction of sp³-hybridized carbons (Fsp3) is 0.136. The SMILES string of the molecule is Clc1ccc(C2=NN3[C@@H](C2)c2ccccc2O[C@H]3c2cccc(Br)c2)cc1. The molecule has 0 saturated heterocycles. The fourth-order valence-corrected chi connectivity index (χ4v) is 4.27. The number of benzene rings is 3. The zero-order valence-electron chi connectivity index (χ0n) is 14.3. The largest absolute Gasteiger partial charge is 0.464 e. The first-order valence-electron chi connectivity index (χ1n) is 8.82. The molecular weight excluding hydrogens is 424 g/mol. The summed E-state index contributed by atoms with van der Waals surface area (Å²) in [5.74, 6) is 0.927. The molecule has 0 bridgehead atoms. The Morgan fingerprint density at radius 3 is 2.63 bits per heavy atom. The van der Waals surface area contributed by atoms with Crippen molar-refractivity contribution >= 4 is 33.2 Å². The van der Waals surface area contributed by atoms with Crippen molar-refractivity contribution in [3.8, 4) is 5.75 Å². The summed E-state index contributed by atoms with van der Waals surface area (Å²) in [6.07, 6.45) is 0.583. The molecule has 0 N–H and O–H groups in total. The quantitative estimate of drug-likeness (QED) is 0.465. The molecule has 0 aliphatic carbocycles. The van der Waals surface area contributed by atoms with E-state index in [2.05, 4.69) is 45.2 Å². The number of nitrogens with zero attached hydrogens (tertiary/aromatic N) is 2. The summed E-state index contributed by atoms with van der Waals surface area (Å²) in [6, 6.07) is 24.5. The Bertz CT molecular complexity index is 1030. The van der Waals surface area contributed by atoms with Crippen molar-refractivity contribution in [3.05, 3.63) is 99.0 Å². The molecule has 0 amide bonds. The number of hydrogen-bond donors (Lipinski definition) is 0. The molecule has 5 rings (SSSR count). The summed E-state index contributed by atoms with van der Waals surface area (Å²) >= 11 is 9.62. The molecule has 5 heteroatoms. The monoisotopic (exact) mass is 438 g/mol. The van der Waals surface area contributed by atoms with E-state index in [1.165, 1.54) is 5.56 Å². The van der Waals surface area contributed by atoms with Crippen LogP contribution in [-0.4, -0.2) is 10.7 Å². The summed E-state index contributed by atoms with van der Waals surface area (Å²) in [4.78, 5) is 0. The molecular formula is C22H16BrClN2O. The lowest BCUT2D eigenvalue weighted by atomic mass is 9.96. The lowest BCUT2D eigenvalue weighted by molar-refractivity contribution is -0.0190. The van der Waals surface area contributed by atoms with E-state index in [1.54, 1.807) is 0 Å². The number of hydrogen-bond acceptors (Lipinski definition) is 3. The fourth-order valence-electron chi connectivity index (χ4n) is 3.73. The van der Waals surface area contributed by atoms with Crippen molar-refractivity contribution in [1.82, 2.24) is 5.01 Å². The second-order valence-electron chi connectivity index (χ2n) is 6.72. The Morgan fingerprint density at radius 2 is 1.81 bits per heavy atom. The van der Waals surface area contributed by atoms with E-state index in [-0.39, 0.29) is 12.3 Å². The van der Waals surface area contributed by atoms with Crippen LogP contribution in [0.2, 0.25) is 5.02 Å². The molecule has 3 aromatic carbocycles. The van der Waals surface area contributed by atoms with Gasteiger partial charge in [0.1, 0.15) is 5.75 Å². The van der Waals surface area contributed by atoms with Gasteiger partial charge in [-0.3, -0.25) is 0 Å². The average molecular weight is 440 g/mol. The van der Waals surface area contributed by atoms with Crippen LogP contribution in [0.3, 0.4) is 0 Å². The van der Waals surface area contributed by atoms with Crippen LogP contribution >= 0.6 is 27.5 Å². The Labute approximate surface area is 171 Å². The maximum Gasteiger partial charge on any atom is 0.213 e. The molecule has 0 saturated carbocycles. The van der Waals surface area contributed by atoms with Gasteiger partial charge in [-0.2, -0.15) is 5.10 Å². The third kappa shape index (κ3) is 3.03. The predicted octanol–water partition coefficient (Wildman–Crippen LogP) is 6.34. The summed E-state index contributed by atoms with van der Waals surface area (Å²) in [6.45, 7) is 0. The third-order valence-electron chi connectivity index (χ3n) is 5.01. The van der Waals surface area contributed by atoms with Gasteiger partial charge < -0.3 is 4.74 Å². The molecule has 0 unspecified atom stereocenters. The van der Waals surface area contributed by atoms with Crippen LogP contribution in [0, 0.1) is 0 Å². The summed E-state index contributed by atoms with van der Waals surface area (Å²) in [5, 5.41) is 7.79. The van der Waals surface area contributed by atoms with Gasteiger partial charge in [0, 0.05) is 27.0 Å². The molecule has 2 heterocycles. The number of rotatable bonds is 2. The molecule has 0 aromatic heterocycles. The Hall–Kier alpha value is -2.30. The van der Waals surface area contributed by atoms with Gasteiger partial charge >= 0.3 is 0 Å². The second kappa shape index (κ2) is 6.70. The number of fused-ring (bicyclic) bond motifs is 3. The van der Waals surface area contributed by atoms with Gasteiger partial charge in [0.15, 0.2) is 0 Å². The van der Waals surface area contributed by atoms with Crippen molar-refractivity contribution in [1.29, 1.82) is 0 Å². The third-order valence-corrected chi connectivity index (χ3v) is 5.76. The summed E-state index contributed by atoms with van der Waals surface area (Å²) in [7, 11) is 0. The maximum absolute atomic E-state index is 6.37. The first kappa shape index (κ1) is 16.8.